The predicted octanol–water partition coefficient (Wildman–Crippen LogP) is 2.54. The molecule has 1 aliphatic carbocycles. The number of nitrogens with one attached hydrogen (secondary N) is 1. The van der Waals surface area contributed by atoms with Gasteiger partial charge in [-0.05, 0) is 39.0 Å². The summed E-state index contributed by atoms with van der Waals surface area (Å²) in [5, 5.41) is 4.87. The van der Waals surface area contributed by atoms with Crippen molar-refractivity contribution < 1.29 is 4.74 Å². The summed E-state index contributed by atoms with van der Waals surface area (Å²) in [7, 11) is 0. The molecule has 1 atom stereocenters. The number of hydrogen-bond donors (Lipinski definition) is 1. The maximum Gasteiger partial charge on any atom is 0.0896 e. The predicted molar refractivity (Wildman–Crippen MR) is 74.1 cm³/mol. The molecule has 1 aliphatic heterocycles. The summed E-state index contributed by atoms with van der Waals surface area (Å²) in [4.78, 5) is 5.79. The van der Waals surface area contributed by atoms with Crippen LogP contribution in [0.3, 0.4) is 0 Å². The van der Waals surface area contributed by atoms with Crippen molar-refractivity contribution in [3.63, 3.8) is 0 Å². The molecule has 1 N–H and O–H groups in total. The molecule has 0 aromatic carbocycles. The Bertz CT molecular complexity index is 394. The van der Waals surface area contributed by atoms with E-state index in [9.17, 15) is 0 Å². The Morgan fingerprint density at radius 3 is 3.06 bits per heavy atom. The topological polar surface area (TPSA) is 34.2 Å². The Morgan fingerprint density at radius 2 is 2.44 bits per heavy atom. The molecule has 1 saturated heterocycles. The van der Waals surface area contributed by atoms with E-state index in [4.69, 9.17) is 4.74 Å². The molecule has 1 aromatic rings. The zero-order valence-electron chi connectivity index (χ0n) is 11.1. The number of thiazole rings is 1. The van der Waals surface area contributed by atoms with E-state index in [-0.39, 0.29) is 0 Å². The van der Waals surface area contributed by atoms with Crippen LogP contribution in [-0.2, 0) is 11.2 Å². The Hall–Kier alpha value is -0.450. The van der Waals surface area contributed by atoms with Gasteiger partial charge in [0.15, 0.2) is 0 Å². The van der Waals surface area contributed by atoms with Gasteiger partial charge < -0.3 is 10.1 Å². The number of nitrogens with zero attached hydrogens (tertiary/aromatic N) is 1. The smallest absolute Gasteiger partial charge is 0.0896 e. The zero-order chi connectivity index (χ0) is 12.4. The summed E-state index contributed by atoms with van der Waals surface area (Å²) in [6.45, 7) is 5.03. The number of hydrogen-bond acceptors (Lipinski definition) is 4. The summed E-state index contributed by atoms with van der Waals surface area (Å²) >= 11 is 1.84. The van der Waals surface area contributed by atoms with Gasteiger partial charge in [0.25, 0.3) is 0 Å². The van der Waals surface area contributed by atoms with Gasteiger partial charge in [-0.2, -0.15) is 0 Å². The summed E-state index contributed by atoms with van der Waals surface area (Å²) in [5.74, 6) is 0. The summed E-state index contributed by atoms with van der Waals surface area (Å²) in [6, 6.07) is 0.784. The van der Waals surface area contributed by atoms with Gasteiger partial charge >= 0.3 is 0 Å². The molecule has 3 rings (SSSR count). The second-order valence-electron chi connectivity index (χ2n) is 5.83. The Labute approximate surface area is 113 Å². The van der Waals surface area contributed by atoms with E-state index in [0.29, 0.717) is 5.41 Å². The zero-order valence-corrected chi connectivity index (χ0v) is 11.9. The Balaban J connectivity index is 1.66. The maximum atomic E-state index is 5.76. The van der Waals surface area contributed by atoms with Gasteiger partial charge in [0.1, 0.15) is 0 Å². The normalized spacial score (nSPS) is 28.5. The SMILES string of the molecule is Cc1ncc(CC2(CNC3CC3)CCCOC2)s1. The second-order valence-corrected chi connectivity index (χ2v) is 7.15. The van der Waals surface area contributed by atoms with Crippen LogP contribution >= 0.6 is 11.3 Å². The highest BCUT2D eigenvalue weighted by Crippen LogP contribution is 2.34. The minimum atomic E-state index is 0.305. The molecule has 0 bridgehead atoms. The van der Waals surface area contributed by atoms with E-state index in [1.54, 1.807) is 0 Å². The number of aryl methyl sites for hydroxylation is 1. The quantitative estimate of drug-likeness (QED) is 0.889. The Kier molecular flexibility index (Phi) is 3.68. The lowest BCUT2D eigenvalue weighted by molar-refractivity contribution is -0.00695. The van der Waals surface area contributed by atoms with Crippen molar-refractivity contribution in [2.24, 2.45) is 5.41 Å². The van der Waals surface area contributed by atoms with E-state index in [1.165, 1.54) is 35.6 Å². The van der Waals surface area contributed by atoms with Gasteiger partial charge in [0.2, 0.25) is 0 Å². The van der Waals surface area contributed by atoms with Crippen LogP contribution in [0.15, 0.2) is 6.20 Å². The highest BCUT2D eigenvalue weighted by molar-refractivity contribution is 7.11. The number of rotatable bonds is 5. The van der Waals surface area contributed by atoms with E-state index in [2.05, 4.69) is 17.2 Å². The molecule has 2 aliphatic rings. The van der Waals surface area contributed by atoms with Crippen LogP contribution in [0.4, 0.5) is 0 Å². The van der Waals surface area contributed by atoms with Crippen LogP contribution in [0.2, 0.25) is 0 Å². The fourth-order valence-electron chi connectivity index (χ4n) is 2.76. The van der Waals surface area contributed by atoms with Crippen LogP contribution in [-0.4, -0.2) is 30.8 Å². The third-order valence-electron chi connectivity index (χ3n) is 3.97. The molecular weight excluding hydrogens is 244 g/mol. The van der Waals surface area contributed by atoms with Gasteiger partial charge in [0, 0.05) is 35.7 Å². The molecule has 0 spiro atoms. The van der Waals surface area contributed by atoms with Crippen molar-refractivity contribution in [3.8, 4) is 0 Å². The van der Waals surface area contributed by atoms with Crippen molar-refractivity contribution in [3.05, 3.63) is 16.1 Å². The minimum absolute atomic E-state index is 0.305. The van der Waals surface area contributed by atoms with Gasteiger partial charge in [0.05, 0.1) is 11.6 Å². The molecule has 2 heterocycles. The number of ether oxygens (including phenoxy) is 1. The first-order valence-electron chi connectivity index (χ1n) is 6.98. The van der Waals surface area contributed by atoms with Crippen molar-refractivity contribution in [1.29, 1.82) is 0 Å². The minimum Gasteiger partial charge on any atom is -0.381 e. The van der Waals surface area contributed by atoms with E-state index >= 15 is 0 Å². The van der Waals surface area contributed by atoms with E-state index in [0.717, 1.165) is 32.2 Å². The lowest BCUT2D eigenvalue weighted by Crippen LogP contribution is -2.43. The first kappa shape index (κ1) is 12.6. The molecular formula is C14H22N2OS. The van der Waals surface area contributed by atoms with Crippen LogP contribution in [0.25, 0.3) is 0 Å². The molecule has 0 amide bonds. The molecule has 100 valence electrons. The maximum absolute atomic E-state index is 5.76. The van der Waals surface area contributed by atoms with Crippen molar-refractivity contribution in [1.82, 2.24) is 10.3 Å². The first-order valence-corrected chi connectivity index (χ1v) is 7.80. The number of aromatic nitrogens is 1. The molecule has 1 saturated carbocycles. The monoisotopic (exact) mass is 266 g/mol. The van der Waals surface area contributed by atoms with Crippen LogP contribution in [0.5, 0.6) is 0 Å². The van der Waals surface area contributed by atoms with Crippen LogP contribution in [0, 0.1) is 12.3 Å². The molecule has 1 unspecified atom stereocenters. The Morgan fingerprint density at radius 1 is 1.56 bits per heavy atom. The van der Waals surface area contributed by atoms with E-state index in [1.807, 2.05) is 17.5 Å². The molecule has 4 heteroatoms. The molecule has 2 fully saturated rings. The average Bonchev–Trinajstić information content (AvgIpc) is 3.12. The molecule has 1 aromatic heterocycles. The van der Waals surface area contributed by atoms with Gasteiger partial charge in [-0.3, -0.25) is 0 Å². The lowest BCUT2D eigenvalue weighted by Gasteiger charge is -2.37. The highest BCUT2D eigenvalue weighted by atomic mass is 32.1. The van der Waals surface area contributed by atoms with Crippen LogP contribution in [0.1, 0.15) is 35.6 Å². The summed E-state index contributed by atoms with van der Waals surface area (Å²) in [6.07, 6.45) is 8.37. The van der Waals surface area contributed by atoms with Crippen molar-refractivity contribution in [2.45, 2.75) is 45.1 Å². The van der Waals surface area contributed by atoms with Crippen molar-refractivity contribution >= 4 is 11.3 Å². The van der Waals surface area contributed by atoms with Crippen molar-refractivity contribution in [2.75, 3.05) is 19.8 Å². The fraction of sp³-hybridized carbons (Fsp3) is 0.786. The molecule has 18 heavy (non-hydrogen) atoms. The average molecular weight is 266 g/mol. The second kappa shape index (κ2) is 5.27. The molecule has 0 radical (unpaired) electrons. The largest absolute Gasteiger partial charge is 0.381 e. The van der Waals surface area contributed by atoms with Gasteiger partial charge in [-0.1, -0.05) is 0 Å². The van der Waals surface area contributed by atoms with E-state index < -0.39 is 0 Å². The van der Waals surface area contributed by atoms with Gasteiger partial charge in [-0.15, -0.1) is 11.3 Å². The first-order chi connectivity index (χ1) is 8.76. The van der Waals surface area contributed by atoms with Crippen LogP contribution < -0.4 is 5.32 Å². The molecule has 3 nitrogen and oxygen atoms in total. The third-order valence-corrected chi connectivity index (χ3v) is 4.88. The fourth-order valence-corrected chi connectivity index (χ4v) is 3.72. The van der Waals surface area contributed by atoms with Gasteiger partial charge in [-0.25, -0.2) is 4.98 Å². The highest BCUT2D eigenvalue weighted by Gasteiger charge is 2.35. The third kappa shape index (κ3) is 3.11. The standard InChI is InChI=1S/C14H22N2OS/c1-11-15-8-13(18-11)7-14(5-2-6-17-10-14)9-16-12-3-4-12/h8,12,16H,2-7,9-10H2,1H3. The summed E-state index contributed by atoms with van der Waals surface area (Å²) in [5.41, 5.74) is 0.305. The lowest BCUT2D eigenvalue weighted by atomic mass is 9.79. The summed E-state index contributed by atoms with van der Waals surface area (Å²) < 4.78 is 5.76.